The molecule has 35 heavy (non-hydrogen) atoms. The molecular formula is C22H25F3N6O4. The number of nitrogens with one attached hydrogen (secondary N) is 1. The molecule has 2 amide bonds. The van der Waals surface area contributed by atoms with Crippen molar-refractivity contribution in [3.63, 3.8) is 0 Å². The SMILES string of the molecule is C[C@]1(CN2CCN(C(=O)NCC=Cc3ccc(C(F)(F)F)cc3)CC2)Cn2cc([N+](=O)[O-])nc2O1. The van der Waals surface area contributed by atoms with Gasteiger partial charge in [0.15, 0.2) is 0 Å². The van der Waals surface area contributed by atoms with Crippen molar-refractivity contribution in [1.29, 1.82) is 0 Å². The van der Waals surface area contributed by atoms with Crippen molar-refractivity contribution in [2.24, 2.45) is 0 Å². The van der Waals surface area contributed by atoms with Gasteiger partial charge in [0.05, 0.1) is 12.1 Å². The van der Waals surface area contributed by atoms with E-state index in [4.69, 9.17) is 4.74 Å². The summed E-state index contributed by atoms with van der Waals surface area (Å²) in [5.74, 6) is -0.240. The first-order chi connectivity index (χ1) is 16.5. The maximum atomic E-state index is 12.6. The summed E-state index contributed by atoms with van der Waals surface area (Å²) in [5.41, 5.74) is -0.657. The molecule has 0 bridgehead atoms. The zero-order valence-corrected chi connectivity index (χ0v) is 19.0. The Morgan fingerprint density at radius 1 is 1.26 bits per heavy atom. The third-order valence-electron chi connectivity index (χ3n) is 5.89. The Morgan fingerprint density at radius 3 is 2.54 bits per heavy atom. The average molecular weight is 494 g/mol. The molecule has 13 heteroatoms. The van der Waals surface area contributed by atoms with Crippen LogP contribution in [-0.4, -0.2) is 75.2 Å². The van der Waals surface area contributed by atoms with Crippen LogP contribution in [0.25, 0.3) is 6.08 Å². The predicted octanol–water partition coefficient (Wildman–Crippen LogP) is 3.00. The monoisotopic (exact) mass is 494 g/mol. The molecule has 1 aromatic carbocycles. The highest BCUT2D eigenvalue weighted by molar-refractivity contribution is 5.74. The van der Waals surface area contributed by atoms with Crippen LogP contribution >= 0.6 is 0 Å². The lowest BCUT2D eigenvalue weighted by molar-refractivity contribution is -0.389. The molecule has 1 N–H and O–H groups in total. The van der Waals surface area contributed by atoms with E-state index in [-0.39, 0.29) is 24.4 Å². The standard InChI is InChI=1S/C22H25F3N6O4/c1-21(15-30-13-18(31(33)34)27-20(30)35-21)14-28-9-11-29(12-10-28)19(32)26-8-2-3-16-4-6-17(7-5-16)22(23,24)25/h2-7,13H,8-12,14-15H2,1H3,(H,26,32)/t21-/m0/s1. The summed E-state index contributed by atoms with van der Waals surface area (Å²) < 4.78 is 45.4. The first-order valence-electron chi connectivity index (χ1n) is 11.0. The molecule has 2 aromatic rings. The van der Waals surface area contributed by atoms with Crippen molar-refractivity contribution in [2.75, 3.05) is 39.3 Å². The number of rotatable bonds is 6. The molecule has 1 saturated heterocycles. The van der Waals surface area contributed by atoms with Crippen LogP contribution in [0.2, 0.25) is 0 Å². The van der Waals surface area contributed by atoms with Crippen LogP contribution < -0.4 is 10.1 Å². The molecule has 1 atom stereocenters. The second-order valence-corrected chi connectivity index (χ2v) is 8.79. The first kappa shape index (κ1) is 24.5. The highest BCUT2D eigenvalue weighted by atomic mass is 19.4. The third kappa shape index (κ3) is 5.91. The molecule has 2 aliphatic heterocycles. The fourth-order valence-corrected chi connectivity index (χ4v) is 4.18. The number of carbonyl (C=O) groups is 1. The van der Waals surface area contributed by atoms with Gasteiger partial charge in [-0.2, -0.15) is 13.2 Å². The smallest absolute Gasteiger partial charge is 0.416 e. The number of piperazine rings is 1. The van der Waals surface area contributed by atoms with E-state index in [2.05, 4.69) is 15.2 Å². The van der Waals surface area contributed by atoms with E-state index in [0.717, 1.165) is 12.1 Å². The van der Waals surface area contributed by atoms with Crippen LogP contribution in [0.5, 0.6) is 6.01 Å². The zero-order valence-electron chi connectivity index (χ0n) is 19.0. The molecular weight excluding hydrogens is 469 g/mol. The molecule has 1 fully saturated rings. The lowest BCUT2D eigenvalue weighted by Gasteiger charge is -2.37. The van der Waals surface area contributed by atoms with Crippen LogP contribution in [0.1, 0.15) is 18.1 Å². The second-order valence-electron chi connectivity index (χ2n) is 8.79. The maximum Gasteiger partial charge on any atom is 0.416 e. The summed E-state index contributed by atoms with van der Waals surface area (Å²) >= 11 is 0. The van der Waals surface area contributed by atoms with Gasteiger partial charge < -0.3 is 25.1 Å². The summed E-state index contributed by atoms with van der Waals surface area (Å²) in [7, 11) is 0. The number of ether oxygens (including phenoxy) is 1. The quantitative estimate of drug-likeness (QED) is 0.489. The van der Waals surface area contributed by atoms with Gasteiger partial charge in [-0.05, 0) is 29.5 Å². The van der Waals surface area contributed by atoms with Crippen molar-refractivity contribution in [3.8, 4) is 6.01 Å². The number of alkyl halides is 3. The topological polar surface area (TPSA) is 106 Å². The number of aromatic nitrogens is 2. The molecule has 0 saturated carbocycles. The van der Waals surface area contributed by atoms with Gasteiger partial charge in [0.1, 0.15) is 11.8 Å². The zero-order chi connectivity index (χ0) is 25.2. The fourth-order valence-electron chi connectivity index (χ4n) is 4.18. The number of amides is 2. The van der Waals surface area contributed by atoms with Crippen molar-refractivity contribution >= 4 is 17.9 Å². The summed E-state index contributed by atoms with van der Waals surface area (Å²) in [5, 5.41) is 13.6. The Balaban J connectivity index is 1.18. The number of carbonyl (C=O) groups excluding carboxylic acids is 1. The molecule has 188 valence electrons. The van der Waals surface area contributed by atoms with Gasteiger partial charge in [-0.1, -0.05) is 24.3 Å². The van der Waals surface area contributed by atoms with Gasteiger partial charge in [0.25, 0.3) is 0 Å². The summed E-state index contributed by atoms with van der Waals surface area (Å²) in [6.07, 6.45) is 0.339. The minimum atomic E-state index is -4.37. The molecule has 0 aliphatic carbocycles. The van der Waals surface area contributed by atoms with E-state index in [1.54, 1.807) is 21.6 Å². The van der Waals surface area contributed by atoms with Crippen molar-refractivity contribution in [2.45, 2.75) is 25.2 Å². The van der Waals surface area contributed by atoms with Gasteiger partial charge in [-0.25, -0.2) is 4.79 Å². The van der Waals surface area contributed by atoms with Crippen molar-refractivity contribution in [3.05, 3.63) is 57.8 Å². The number of halogens is 3. The Hall–Kier alpha value is -3.61. The van der Waals surface area contributed by atoms with Crippen LogP contribution in [-0.2, 0) is 12.7 Å². The normalized spacial score (nSPS) is 20.6. The summed E-state index contributed by atoms with van der Waals surface area (Å²) in [4.78, 5) is 30.5. The lowest BCUT2D eigenvalue weighted by atomic mass is 10.1. The minimum Gasteiger partial charge on any atom is -0.436 e. The highest BCUT2D eigenvalue weighted by Crippen LogP contribution is 2.32. The Kier molecular flexibility index (Phi) is 6.70. The molecule has 10 nitrogen and oxygen atoms in total. The van der Waals surface area contributed by atoms with Gasteiger partial charge in [0.2, 0.25) is 0 Å². The number of hydrogen-bond acceptors (Lipinski definition) is 6. The maximum absolute atomic E-state index is 12.6. The molecule has 0 radical (unpaired) electrons. The molecule has 0 unspecified atom stereocenters. The molecule has 0 spiro atoms. The molecule has 3 heterocycles. The van der Waals surface area contributed by atoms with Crippen LogP contribution in [0, 0.1) is 10.1 Å². The van der Waals surface area contributed by atoms with Crippen LogP contribution in [0.3, 0.4) is 0 Å². The summed E-state index contributed by atoms with van der Waals surface area (Å²) in [6.45, 7) is 5.58. The number of nitro groups is 1. The third-order valence-corrected chi connectivity index (χ3v) is 5.89. The molecule has 4 rings (SSSR count). The number of benzene rings is 1. The number of hydrogen-bond donors (Lipinski definition) is 1. The fraction of sp³-hybridized carbons (Fsp3) is 0.455. The Morgan fingerprint density at radius 2 is 1.94 bits per heavy atom. The molecule has 1 aromatic heterocycles. The van der Waals surface area contributed by atoms with E-state index < -0.39 is 22.3 Å². The predicted molar refractivity (Wildman–Crippen MR) is 120 cm³/mol. The highest BCUT2D eigenvalue weighted by Gasteiger charge is 2.42. The van der Waals surface area contributed by atoms with Crippen molar-refractivity contribution < 1.29 is 27.6 Å². The molecule has 2 aliphatic rings. The largest absolute Gasteiger partial charge is 0.436 e. The van der Waals surface area contributed by atoms with Gasteiger partial charge in [-0.3, -0.25) is 9.47 Å². The summed E-state index contributed by atoms with van der Waals surface area (Å²) in [6, 6.07) is 4.82. The van der Waals surface area contributed by atoms with E-state index >= 15 is 0 Å². The van der Waals surface area contributed by atoms with E-state index in [9.17, 15) is 28.1 Å². The first-order valence-corrected chi connectivity index (χ1v) is 11.0. The van der Waals surface area contributed by atoms with Crippen LogP contribution in [0.4, 0.5) is 23.8 Å². The average Bonchev–Trinajstić information content (AvgIpc) is 3.32. The van der Waals surface area contributed by atoms with Crippen molar-refractivity contribution in [1.82, 2.24) is 24.7 Å². The van der Waals surface area contributed by atoms with Gasteiger partial charge >= 0.3 is 24.0 Å². The van der Waals surface area contributed by atoms with E-state index in [1.807, 2.05) is 6.92 Å². The van der Waals surface area contributed by atoms with E-state index in [1.165, 1.54) is 18.3 Å². The number of fused-ring (bicyclic) bond motifs is 1. The Bertz CT molecular complexity index is 1080. The van der Waals surface area contributed by atoms with E-state index in [0.29, 0.717) is 44.8 Å². The van der Waals surface area contributed by atoms with Gasteiger partial charge in [0, 0.05) is 44.3 Å². The number of imidazole rings is 1. The number of urea groups is 1. The van der Waals surface area contributed by atoms with Gasteiger partial charge in [-0.15, -0.1) is 0 Å². The second kappa shape index (κ2) is 9.56. The Labute approximate surface area is 199 Å². The van der Waals surface area contributed by atoms with Crippen LogP contribution in [0.15, 0.2) is 36.5 Å². The number of nitrogens with zero attached hydrogens (tertiary/aromatic N) is 5. The lowest BCUT2D eigenvalue weighted by Crippen LogP contribution is -2.55. The minimum absolute atomic E-state index is 0.211.